The van der Waals surface area contributed by atoms with Gasteiger partial charge >= 0.3 is 11.8 Å². The van der Waals surface area contributed by atoms with Gasteiger partial charge in [-0.2, -0.15) is 0 Å². The van der Waals surface area contributed by atoms with Gasteiger partial charge in [-0.1, -0.05) is 11.6 Å². The summed E-state index contributed by atoms with van der Waals surface area (Å²) in [6, 6.07) is 7.85. The first kappa shape index (κ1) is 21.9. The molecule has 3 amide bonds. The van der Waals surface area contributed by atoms with E-state index in [4.69, 9.17) is 11.6 Å². The molecule has 0 radical (unpaired) electrons. The molecule has 9 nitrogen and oxygen atoms in total. The number of likely N-dealkylation sites (N-methyl/N-ethyl adjacent to an activating group) is 1. The normalized spacial score (nSPS) is 13.2. The van der Waals surface area contributed by atoms with Gasteiger partial charge in [0, 0.05) is 41.3 Å². The van der Waals surface area contributed by atoms with Gasteiger partial charge in [-0.3, -0.25) is 19.4 Å². The second-order valence-corrected chi connectivity index (χ2v) is 8.69. The number of anilines is 3. The number of benzene rings is 1. The van der Waals surface area contributed by atoms with Crippen molar-refractivity contribution in [1.82, 2.24) is 14.9 Å². The van der Waals surface area contributed by atoms with Crippen LogP contribution in [0.2, 0.25) is 5.02 Å². The number of hydrogen-bond acceptors (Lipinski definition) is 7. The molecule has 0 fully saturated rings. The third kappa shape index (κ3) is 5.10. The highest BCUT2D eigenvalue weighted by molar-refractivity contribution is 7.13. The Kier molecular flexibility index (Phi) is 6.45. The first-order valence-electron chi connectivity index (χ1n) is 9.69. The predicted octanol–water partition coefficient (Wildman–Crippen LogP) is 3.01. The average molecular weight is 471 g/mol. The Bertz CT molecular complexity index is 1180. The molecule has 1 aliphatic heterocycles. The van der Waals surface area contributed by atoms with Crippen molar-refractivity contribution in [2.24, 2.45) is 0 Å². The predicted molar refractivity (Wildman–Crippen MR) is 123 cm³/mol. The number of halogens is 1. The summed E-state index contributed by atoms with van der Waals surface area (Å²) in [5, 5.41) is 8.55. The van der Waals surface area contributed by atoms with E-state index < -0.39 is 17.7 Å². The van der Waals surface area contributed by atoms with Gasteiger partial charge in [-0.25, -0.2) is 4.98 Å². The van der Waals surface area contributed by atoms with Crippen LogP contribution in [0.5, 0.6) is 0 Å². The molecule has 32 heavy (non-hydrogen) atoms. The molecule has 0 unspecified atom stereocenters. The van der Waals surface area contributed by atoms with Crippen molar-refractivity contribution in [2.45, 2.75) is 13.0 Å². The summed E-state index contributed by atoms with van der Waals surface area (Å²) in [6.07, 6.45) is 3.64. The molecule has 0 spiro atoms. The molecule has 11 heteroatoms. The standard InChI is InChI=1S/C21H19ClN6O3S/c1-28-9-7-15-17(11-28)32-21(27-15)20(31)26-16-10-23-8-6-14(16)25-19(30)18(29)24-13-4-2-12(22)3-5-13/h2-6,8,10H,7,9,11H2,1H3,(H,24,29)(H,26,31)(H,23,25,30). The van der Waals surface area contributed by atoms with Crippen molar-refractivity contribution in [1.29, 1.82) is 0 Å². The minimum Gasteiger partial charge on any atom is -0.318 e. The topological polar surface area (TPSA) is 116 Å². The molecular weight excluding hydrogens is 452 g/mol. The first-order chi connectivity index (χ1) is 15.4. The molecule has 3 N–H and O–H groups in total. The van der Waals surface area contributed by atoms with Gasteiger partial charge in [-0.15, -0.1) is 11.3 Å². The Labute approximate surface area is 192 Å². The third-order valence-electron chi connectivity index (χ3n) is 4.74. The number of amides is 3. The number of nitrogens with one attached hydrogen (secondary N) is 3. The monoisotopic (exact) mass is 470 g/mol. The lowest BCUT2D eigenvalue weighted by molar-refractivity contribution is -0.132. The van der Waals surface area contributed by atoms with Crippen molar-refractivity contribution in [3.63, 3.8) is 0 Å². The number of rotatable bonds is 4. The van der Waals surface area contributed by atoms with Crippen molar-refractivity contribution >= 4 is 57.7 Å². The van der Waals surface area contributed by atoms with E-state index in [1.165, 1.54) is 29.8 Å². The van der Waals surface area contributed by atoms with Crippen LogP contribution in [0, 0.1) is 0 Å². The molecule has 3 heterocycles. The summed E-state index contributed by atoms with van der Waals surface area (Å²) in [5.74, 6) is -2.16. The van der Waals surface area contributed by atoms with Crippen molar-refractivity contribution in [3.05, 3.63) is 63.3 Å². The maximum absolute atomic E-state index is 12.7. The highest BCUT2D eigenvalue weighted by atomic mass is 35.5. The van der Waals surface area contributed by atoms with Crippen LogP contribution in [0.4, 0.5) is 17.1 Å². The molecule has 0 aliphatic carbocycles. The van der Waals surface area contributed by atoms with Crippen molar-refractivity contribution in [3.8, 4) is 0 Å². The van der Waals surface area contributed by atoms with Crippen LogP contribution in [-0.2, 0) is 22.6 Å². The largest absolute Gasteiger partial charge is 0.318 e. The SMILES string of the molecule is CN1CCc2nc(C(=O)Nc3cnccc3NC(=O)C(=O)Nc3ccc(Cl)cc3)sc2C1. The fourth-order valence-corrected chi connectivity index (χ4v) is 4.31. The Balaban J connectivity index is 1.43. The van der Waals surface area contributed by atoms with Gasteiger partial charge in [0.15, 0.2) is 5.01 Å². The Morgan fingerprint density at radius 3 is 2.56 bits per heavy atom. The summed E-state index contributed by atoms with van der Waals surface area (Å²) >= 11 is 7.17. The molecule has 2 aromatic heterocycles. The molecular formula is C21H19ClN6O3S. The zero-order valence-corrected chi connectivity index (χ0v) is 18.6. The van der Waals surface area contributed by atoms with E-state index in [0.29, 0.717) is 15.7 Å². The van der Waals surface area contributed by atoms with Gasteiger partial charge in [0.05, 0.1) is 23.3 Å². The number of hydrogen-bond donors (Lipinski definition) is 3. The fraction of sp³-hybridized carbons (Fsp3) is 0.190. The minimum atomic E-state index is -0.894. The number of fused-ring (bicyclic) bond motifs is 1. The molecule has 4 rings (SSSR count). The number of carbonyl (C=O) groups excluding carboxylic acids is 3. The van der Waals surface area contributed by atoms with Crippen LogP contribution in [0.3, 0.4) is 0 Å². The lowest BCUT2D eigenvalue weighted by Crippen LogP contribution is -2.29. The molecule has 0 bridgehead atoms. The van der Waals surface area contributed by atoms with Crippen LogP contribution in [-0.4, -0.2) is 46.2 Å². The molecule has 1 aliphatic rings. The van der Waals surface area contributed by atoms with E-state index >= 15 is 0 Å². The van der Waals surface area contributed by atoms with Crippen LogP contribution < -0.4 is 16.0 Å². The zero-order valence-electron chi connectivity index (χ0n) is 17.0. The number of carbonyl (C=O) groups is 3. The Morgan fingerprint density at radius 2 is 1.78 bits per heavy atom. The maximum atomic E-state index is 12.7. The van der Waals surface area contributed by atoms with Crippen molar-refractivity contribution in [2.75, 3.05) is 29.5 Å². The number of nitrogens with zero attached hydrogens (tertiary/aromatic N) is 3. The third-order valence-corrected chi connectivity index (χ3v) is 6.08. The Morgan fingerprint density at radius 1 is 1.03 bits per heavy atom. The molecule has 0 atom stereocenters. The second-order valence-electron chi connectivity index (χ2n) is 7.17. The lowest BCUT2D eigenvalue weighted by Gasteiger charge is -2.20. The number of aromatic nitrogens is 2. The van der Waals surface area contributed by atoms with Gasteiger partial charge in [0.2, 0.25) is 0 Å². The van der Waals surface area contributed by atoms with E-state index in [0.717, 1.165) is 30.1 Å². The smallest absolute Gasteiger partial charge is 0.314 e. The summed E-state index contributed by atoms with van der Waals surface area (Å²) in [4.78, 5) is 49.0. The van der Waals surface area contributed by atoms with Gasteiger partial charge in [0.25, 0.3) is 5.91 Å². The van der Waals surface area contributed by atoms with E-state index in [1.807, 2.05) is 7.05 Å². The van der Waals surface area contributed by atoms with Gasteiger partial charge < -0.3 is 20.9 Å². The van der Waals surface area contributed by atoms with Crippen LogP contribution >= 0.6 is 22.9 Å². The average Bonchev–Trinajstić information content (AvgIpc) is 3.20. The molecule has 0 saturated carbocycles. The van der Waals surface area contributed by atoms with E-state index in [9.17, 15) is 14.4 Å². The quantitative estimate of drug-likeness (QED) is 0.505. The number of thiazole rings is 1. The number of pyridine rings is 1. The molecule has 1 aromatic carbocycles. The van der Waals surface area contributed by atoms with Crippen LogP contribution in [0.25, 0.3) is 0 Å². The zero-order chi connectivity index (χ0) is 22.7. The summed E-state index contributed by atoms with van der Waals surface area (Å²) < 4.78 is 0. The molecule has 0 saturated heterocycles. The second kappa shape index (κ2) is 9.43. The van der Waals surface area contributed by atoms with Crippen LogP contribution in [0.15, 0.2) is 42.7 Å². The first-order valence-corrected chi connectivity index (χ1v) is 10.9. The summed E-state index contributed by atoms with van der Waals surface area (Å²) in [5.41, 5.74) is 1.87. The fourth-order valence-electron chi connectivity index (χ4n) is 3.10. The lowest BCUT2D eigenvalue weighted by atomic mass is 10.2. The van der Waals surface area contributed by atoms with Gasteiger partial charge in [0.1, 0.15) is 0 Å². The molecule has 3 aromatic rings. The molecule has 164 valence electrons. The van der Waals surface area contributed by atoms with Gasteiger partial charge in [-0.05, 0) is 37.4 Å². The Hall–Kier alpha value is -3.34. The van der Waals surface area contributed by atoms with Crippen LogP contribution in [0.1, 0.15) is 20.4 Å². The van der Waals surface area contributed by atoms with E-state index in [-0.39, 0.29) is 11.4 Å². The maximum Gasteiger partial charge on any atom is 0.314 e. The highest BCUT2D eigenvalue weighted by Crippen LogP contribution is 2.26. The summed E-state index contributed by atoms with van der Waals surface area (Å²) in [7, 11) is 2.02. The highest BCUT2D eigenvalue weighted by Gasteiger charge is 2.22. The minimum absolute atomic E-state index is 0.241. The summed E-state index contributed by atoms with van der Waals surface area (Å²) in [6.45, 7) is 1.66. The van der Waals surface area contributed by atoms with Crippen molar-refractivity contribution < 1.29 is 14.4 Å². The van der Waals surface area contributed by atoms with E-state index in [1.54, 1.807) is 24.3 Å². The van der Waals surface area contributed by atoms with E-state index in [2.05, 4.69) is 30.8 Å².